The van der Waals surface area contributed by atoms with Gasteiger partial charge in [0.15, 0.2) is 0 Å². The summed E-state index contributed by atoms with van der Waals surface area (Å²) in [4.78, 5) is 24.7. The van der Waals surface area contributed by atoms with Crippen LogP contribution in [0.2, 0.25) is 0 Å². The van der Waals surface area contributed by atoms with Crippen LogP contribution in [-0.2, 0) is 4.79 Å². The van der Waals surface area contributed by atoms with Gasteiger partial charge in [0.1, 0.15) is 5.65 Å². The van der Waals surface area contributed by atoms with Gasteiger partial charge in [-0.1, -0.05) is 19.9 Å². The minimum absolute atomic E-state index is 0.237. The molecule has 1 fully saturated rings. The molecule has 178 valence electrons. The maximum Gasteiger partial charge on any atom is 0.236 e. The van der Waals surface area contributed by atoms with E-state index < -0.39 is 0 Å². The summed E-state index contributed by atoms with van der Waals surface area (Å²) in [6.07, 6.45) is 6.29. The molecule has 0 saturated carbocycles. The van der Waals surface area contributed by atoms with Crippen molar-refractivity contribution < 1.29 is 4.79 Å². The number of nitrogens with zero attached hydrogens (tertiary/aromatic N) is 4. The first kappa shape index (κ1) is 22.7. The number of carbonyl (C=O) groups excluding carboxylic acids is 1. The van der Waals surface area contributed by atoms with Crippen molar-refractivity contribution in [2.75, 3.05) is 33.7 Å². The Hall–Kier alpha value is -3.12. The van der Waals surface area contributed by atoms with Gasteiger partial charge >= 0.3 is 0 Å². The van der Waals surface area contributed by atoms with E-state index in [1.54, 1.807) is 0 Å². The monoisotopic (exact) mass is 457 g/mol. The zero-order chi connectivity index (χ0) is 24.0. The average molecular weight is 458 g/mol. The van der Waals surface area contributed by atoms with Crippen LogP contribution < -0.4 is 0 Å². The molecular weight excluding hydrogens is 422 g/mol. The molecule has 1 N–H and O–H groups in total. The molecule has 1 aromatic carbocycles. The molecule has 1 saturated heterocycles. The number of fused-ring (bicyclic) bond motifs is 2. The molecule has 5 rings (SSSR count). The number of hydrogen-bond acceptors (Lipinski definition) is 3. The number of amides is 1. The molecular formula is C28H35N5O. The Morgan fingerprint density at radius 3 is 2.62 bits per heavy atom. The third-order valence-electron chi connectivity index (χ3n) is 7.07. The number of hydrogen-bond donors (Lipinski definition) is 1. The number of likely N-dealkylation sites (tertiary alicyclic amines) is 1. The molecule has 6 heteroatoms. The predicted molar refractivity (Wildman–Crippen MR) is 138 cm³/mol. The molecule has 6 nitrogen and oxygen atoms in total. The minimum atomic E-state index is 0.237. The van der Waals surface area contributed by atoms with Crippen molar-refractivity contribution >= 4 is 22.5 Å². The zero-order valence-electron chi connectivity index (χ0n) is 20.9. The Bertz CT molecular complexity index is 1340. The predicted octanol–water partition coefficient (Wildman–Crippen LogP) is 5.18. The number of H-pyrrole nitrogens is 1. The summed E-state index contributed by atoms with van der Waals surface area (Å²) in [7, 11) is 3.90. The Morgan fingerprint density at radius 2 is 1.91 bits per heavy atom. The van der Waals surface area contributed by atoms with E-state index in [1.165, 1.54) is 33.3 Å². The van der Waals surface area contributed by atoms with Gasteiger partial charge in [-0.2, -0.15) is 0 Å². The number of nitrogens with one attached hydrogen (secondary N) is 1. The summed E-state index contributed by atoms with van der Waals surface area (Å²) in [6.45, 7) is 8.75. The Balaban J connectivity index is 1.45. The fourth-order valence-corrected chi connectivity index (χ4v) is 5.41. The number of pyridine rings is 1. The first-order chi connectivity index (χ1) is 16.3. The van der Waals surface area contributed by atoms with Gasteiger partial charge in [-0.3, -0.25) is 4.79 Å². The summed E-state index contributed by atoms with van der Waals surface area (Å²) < 4.78 is 2.11. The molecule has 0 radical (unpaired) electrons. The number of aromatic nitrogens is 3. The van der Waals surface area contributed by atoms with Gasteiger partial charge in [0.05, 0.1) is 17.9 Å². The van der Waals surface area contributed by atoms with Crippen LogP contribution in [-0.4, -0.2) is 63.8 Å². The van der Waals surface area contributed by atoms with Crippen molar-refractivity contribution in [1.29, 1.82) is 0 Å². The molecule has 3 aromatic heterocycles. The molecule has 0 bridgehead atoms. The molecule has 0 atom stereocenters. The summed E-state index contributed by atoms with van der Waals surface area (Å²) in [5.74, 6) is 1.13. The Kier molecular flexibility index (Phi) is 5.94. The first-order valence-corrected chi connectivity index (χ1v) is 12.3. The van der Waals surface area contributed by atoms with Gasteiger partial charge in [0.25, 0.3) is 0 Å². The molecule has 0 aliphatic carbocycles. The molecule has 1 amide bonds. The summed E-state index contributed by atoms with van der Waals surface area (Å²) >= 11 is 0. The highest BCUT2D eigenvalue weighted by Crippen LogP contribution is 2.38. The molecule has 34 heavy (non-hydrogen) atoms. The lowest BCUT2D eigenvalue weighted by atomic mass is 9.87. The molecule has 4 aromatic rings. The second-order valence-corrected chi connectivity index (χ2v) is 10.3. The third-order valence-corrected chi connectivity index (χ3v) is 7.07. The van der Waals surface area contributed by atoms with Crippen LogP contribution in [0.25, 0.3) is 27.8 Å². The Morgan fingerprint density at radius 1 is 1.15 bits per heavy atom. The maximum atomic E-state index is 12.4. The lowest BCUT2D eigenvalue weighted by molar-refractivity contribution is -0.132. The van der Waals surface area contributed by atoms with E-state index in [1.807, 2.05) is 30.8 Å². The highest BCUT2D eigenvalue weighted by molar-refractivity contribution is 5.92. The summed E-state index contributed by atoms with van der Waals surface area (Å²) in [5, 5.41) is 1.32. The van der Waals surface area contributed by atoms with Crippen LogP contribution in [0.4, 0.5) is 0 Å². The van der Waals surface area contributed by atoms with Crippen LogP contribution >= 0.6 is 0 Å². The van der Waals surface area contributed by atoms with Crippen LogP contribution in [0, 0.1) is 6.92 Å². The number of aryl methyl sites for hydroxylation is 1. The van der Waals surface area contributed by atoms with Crippen LogP contribution in [0.5, 0.6) is 0 Å². The van der Waals surface area contributed by atoms with E-state index in [0.29, 0.717) is 18.4 Å². The highest BCUT2D eigenvalue weighted by Gasteiger charge is 2.25. The van der Waals surface area contributed by atoms with E-state index in [4.69, 9.17) is 0 Å². The first-order valence-electron chi connectivity index (χ1n) is 12.3. The molecule has 1 aliphatic rings. The Labute approximate surface area is 201 Å². The van der Waals surface area contributed by atoms with E-state index in [9.17, 15) is 4.79 Å². The summed E-state index contributed by atoms with van der Waals surface area (Å²) in [5.41, 5.74) is 8.31. The average Bonchev–Trinajstić information content (AvgIpc) is 3.37. The van der Waals surface area contributed by atoms with Gasteiger partial charge in [-0.05, 0) is 81.1 Å². The van der Waals surface area contributed by atoms with E-state index in [-0.39, 0.29) is 5.91 Å². The lowest BCUT2D eigenvalue weighted by Gasteiger charge is -2.33. The van der Waals surface area contributed by atoms with Crippen molar-refractivity contribution in [3.63, 3.8) is 0 Å². The largest absolute Gasteiger partial charge is 0.354 e. The zero-order valence-corrected chi connectivity index (χ0v) is 20.9. The van der Waals surface area contributed by atoms with Gasteiger partial charge < -0.3 is 19.2 Å². The minimum Gasteiger partial charge on any atom is -0.354 e. The number of imidazole rings is 1. The van der Waals surface area contributed by atoms with Crippen molar-refractivity contribution in [3.05, 3.63) is 59.5 Å². The van der Waals surface area contributed by atoms with Gasteiger partial charge in [-0.25, -0.2) is 4.98 Å². The normalized spacial score (nSPS) is 15.3. The molecule has 0 spiro atoms. The number of piperidine rings is 1. The molecule has 0 unspecified atom stereocenters. The fraction of sp³-hybridized carbons (Fsp3) is 0.429. The van der Waals surface area contributed by atoms with Crippen molar-refractivity contribution in [3.8, 4) is 11.3 Å². The third kappa shape index (κ3) is 4.23. The smallest absolute Gasteiger partial charge is 0.236 e. The van der Waals surface area contributed by atoms with Crippen molar-refractivity contribution in [2.45, 2.75) is 45.4 Å². The second-order valence-electron chi connectivity index (χ2n) is 10.3. The standard InChI is InChI=1S/C28H35N5O/c1-18(2)27-23-14-21(20-10-12-32(13-11-20)26(34)17-31(4)5)6-8-24(23)30-28(27)22-7-9-25-29-19(3)15-33(25)16-22/h6-9,14-16,18,20,30H,10-13,17H2,1-5H3. The van der Waals surface area contributed by atoms with Crippen molar-refractivity contribution in [1.82, 2.24) is 24.2 Å². The number of benzene rings is 1. The van der Waals surface area contributed by atoms with Crippen LogP contribution in [0.15, 0.2) is 42.7 Å². The quantitative estimate of drug-likeness (QED) is 0.449. The number of likely N-dealkylation sites (N-methyl/N-ethyl adjacent to an activating group) is 1. The van der Waals surface area contributed by atoms with Crippen LogP contribution in [0.3, 0.4) is 0 Å². The summed E-state index contributed by atoms with van der Waals surface area (Å²) in [6, 6.07) is 11.2. The van der Waals surface area contributed by atoms with Crippen LogP contribution in [0.1, 0.15) is 55.3 Å². The maximum absolute atomic E-state index is 12.4. The van der Waals surface area contributed by atoms with Gasteiger partial charge in [0, 0.05) is 41.9 Å². The molecule has 1 aliphatic heterocycles. The van der Waals surface area contributed by atoms with Gasteiger partial charge in [-0.15, -0.1) is 0 Å². The lowest BCUT2D eigenvalue weighted by Crippen LogP contribution is -2.42. The second kappa shape index (κ2) is 8.91. The van der Waals surface area contributed by atoms with E-state index >= 15 is 0 Å². The molecule has 4 heterocycles. The van der Waals surface area contributed by atoms with E-state index in [2.05, 4.69) is 70.9 Å². The fourth-order valence-electron chi connectivity index (χ4n) is 5.41. The number of rotatable bonds is 5. The van der Waals surface area contributed by atoms with E-state index in [0.717, 1.165) is 37.3 Å². The SMILES string of the molecule is Cc1cn2cc(-c3[nH]c4ccc(C5CCN(C(=O)CN(C)C)CC5)cc4c3C(C)C)ccc2n1. The highest BCUT2D eigenvalue weighted by atomic mass is 16.2. The topological polar surface area (TPSA) is 56.6 Å². The number of carbonyl (C=O) groups is 1. The van der Waals surface area contributed by atoms with Crippen molar-refractivity contribution in [2.24, 2.45) is 0 Å². The van der Waals surface area contributed by atoms with Gasteiger partial charge in [0.2, 0.25) is 5.91 Å². The number of aromatic amines is 1.